The molecule has 0 saturated carbocycles. The summed E-state index contributed by atoms with van der Waals surface area (Å²) >= 11 is 0. The molecule has 0 N–H and O–H groups in total. The Hall–Kier alpha value is -1.32. The fourth-order valence-corrected chi connectivity index (χ4v) is 0.959. The standard InChI is InChI=1S/C9H7F3O/c1-2-7(13)8-5(10)3-4-6(11)9(8)12/h3-4H,2H2,1H3. The summed E-state index contributed by atoms with van der Waals surface area (Å²) in [7, 11) is 0. The topological polar surface area (TPSA) is 17.1 Å². The third-order valence-corrected chi connectivity index (χ3v) is 1.64. The van der Waals surface area contributed by atoms with Gasteiger partial charge in [0.2, 0.25) is 0 Å². The summed E-state index contributed by atoms with van der Waals surface area (Å²) in [5.41, 5.74) is -0.789. The fourth-order valence-electron chi connectivity index (χ4n) is 0.959. The predicted molar refractivity (Wildman–Crippen MR) is 40.9 cm³/mol. The van der Waals surface area contributed by atoms with Crippen molar-refractivity contribution < 1.29 is 18.0 Å². The van der Waals surface area contributed by atoms with Crippen LogP contribution in [0.2, 0.25) is 0 Å². The normalized spacial score (nSPS) is 10.2. The van der Waals surface area contributed by atoms with Gasteiger partial charge in [0.05, 0.1) is 5.56 Å². The molecular weight excluding hydrogens is 181 g/mol. The van der Waals surface area contributed by atoms with Gasteiger partial charge in [-0.1, -0.05) is 6.92 Å². The molecule has 0 heterocycles. The molecule has 0 aliphatic heterocycles. The van der Waals surface area contributed by atoms with E-state index in [9.17, 15) is 18.0 Å². The van der Waals surface area contributed by atoms with E-state index in [-0.39, 0.29) is 6.42 Å². The first-order valence-corrected chi connectivity index (χ1v) is 3.74. The highest BCUT2D eigenvalue weighted by Crippen LogP contribution is 2.17. The van der Waals surface area contributed by atoms with Crippen LogP contribution in [-0.4, -0.2) is 5.78 Å². The molecule has 0 saturated heterocycles. The van der Waals surface area contributed by atoms with Crippen LogP contribution < -0.4 is 0 Å². The number of halogens is 3. The zero-order chi connectivity index (χ0) is 10.0. The Kier molecular flexibility index (Phi) is 2.70. The maximum Gasteiger partial charge on any atom is 0.172 e. The van der Waals surface area contributed by atoms with Crippen molar-refractivity contribution in [1.82, 2.24) is 0 Å². The maximum absolute atomic E-state index is 12.9. The molecule has 0 radical (unpaired) electrons. The molecule has 0 aliphatic rings. The lowest BCUT2D eigenvalue weighted by Crippen LogP contribution is -2.06. The maximum atomic E-state index is 12.9. The van der Waals surface area contributed by atoms with Crippen molar-refractivity contribution in [3.05, 3.63) is 35.1 Å². The van der Waals surface area contributed by atoms with Crippen LogP contribution in [0, 0.1) is 17.5 Å². The van der Waals surface area contributed by atoms with Crippen LogP contribution in [0.5, 0.6) is 0 Å². The van der Waals surface area contributed by atoms with E-state index in [0.717, 1.165) is 6.07 Å². The van der Waals surface area contributed by atoms with Gasteiger partial charge in [0.25, 0.3) is 0 Å². The van der Waals surface area contributed by atoms with Gasteiger partial charge in [0.15, 0.2) is 17.4 Å². The average molecular weight is 188 g/mol. The zero-order valence-electron chi connectivity index (χ0n) is 6.90. The van der Waals surface area contributed by atoms with E-state index in [4.69, 9.17) is 0 Å². The minimum Gasteiger partial charge on any atom is -0.294 e. The molecule has 0 fully saturated rings. The van der Waals surface area contributed by atoms with E-state index in [1.807, 2.05) is 0 Å². The van der Waals surface area contributed by atoms with Gasteiger partial charge in [-0.25, -0.2) is 13.2 Å². The Morgan fingerprint density at radius 1 is 1.23 bits per heavy atom. The number of ketones is 1. The Morgan fingerprint density at radius 3 is 2.31 bits per heavy atom. The second kappa shape index (κ2) is 3.60. The smallest absolute Gasteiger partial charge is 0.172 e. The number of benzene rings is 1. The Balaban J connectivity index is 3.33. The molecule has 0 aliphatic carbocycles. The molecule has 1 aromatic carbocycles. The van der Waals surface area contributed by atoms with Gasteiger partial charge in [-0.3, -0.25) is 4.79 Å². The minimum absolute atomic E-state index is 0.0582. The highest BCUT2D eigenvalue weighted by Gasteiger charge is 2.18. The summed E-state index contributed by atoms with van der Waals surface area (Å²) in [6.07, 6.45) is -0.0582. The van der Waals surface area contributed by atoms with E-state index < -0.39 is 28.8 Å². The van der Waals surface area contributed by atoms with Crippen LogP contribution in [-0.2, 0) is 0 Å². The van der Waals surface area contributed by atoms with E-state index in [1.54, 1.807) is 0 Å². The summed E-state index contributed by atoms with van der Waals surface area (Å²) in [6.45, 7) is 1.45. The van der Waals surface area contributed by atoms with Crippen LogP contribution in [0.4, 0.5) is 13.2 Å². The summed E-state index contributed by atoms with van der Waals surface area (Å²) in [5, 5.41) is 0. The molecule has 4 heteroatoms. The molecule has 70 valence electrons. The molecule has 0 atom stereocenters. The molecule has 0 bridgehead atoms. The van der Waals surface area contributed by atoms with Gasteiger partial charge in [0.1, 0.15) is 5.82 Å². The molecule has 1 rings (SSSR count). The lowest BCUT2D eigenvalue weighted by Gasteiger charge is -2.02. The van der Waals surface area contributed by atoms with Gasteiger partial charge in [-0.15, -0.1) is 0 Å². The van der Waals surface area contributed by atoms with Gasteiger partial charge >= 0.3 is 0 Å². The second-order valence-corrected chi connectivity index (χ2v) is 2.49. The third kappa shape index (κ3) is 1.71. The fraction of sp³-hybridized carbons (Fsp3) is 0.222. The zero-order valence-corrected chi connectivity index (χ0v) is 6.90. The second-order valence-electron chi connectivity index (χ2n) is 2.49. The summed E-state index contributed by atoms with van der Waals surface area (Å²) in [4.78, 5) is 11.0. The van der Waals surface area contributed by atoms with E-state index in [2.05, 4.69) is 0 Å². The first-order chi connectivity index (χ1) is 6.07. The number of Topliss-reactive ketones (excluding diaryl/α,β-unsaturated/α-hetero) is 1. The van der Waals surface area contributed by atoms with Crippen LogP contribution in [0.3, 0.4) is 0 Å². The molecule has 13 heavy (non-hydrogen) atoms. The number of carbonyl (C=O) groups is 1. The molecule has 0 unspecified atom stereocenters. The molecule has 1 nitrogen and oxygen atoms in total. The highest BCUT2D eigenvalue weighted by atomic mass is 19.2. The van der Waals surface area contributed by atoms with Crippen molar-refractivity contribution in [3.63, 3.8) is 0 Å². The van der Waals surface area contributed by atoms with Crippen molar-refractivity contribution in [2.45, 2.75) is 13.3 Å². The van der Waals surface area contributed by atoms with E-state index in [0.29, 0.717) is 6.07 Å². The Labute approximate surface area is 73.2 Å². The lowest BCUT2D eigenvalue weighted by molar-refractivity contribution is 0.0979. The van der Waals surface area contributed by atoms with Gasteiger partial charge in [-0.2, -0.15) is 0 Å². The van der Waals surface area contributed by atoms with Gasteiger partial charge in [0, 0.05) is 6.42 Å². The van der Waals surface area contributed by atoms with Gasteiger partial charge in [-0.05, 0) is 12.1 Å². The Bertz CT molecular complexity index is 347. The molecule has 0 aromatic heterocycles. The number of carbonyl (C=O) groups excluding carboxylic acids is 1. The van der Waals surface area contributed by atoms with E-state index in [1.165, 1.54) is 6.92 Å². The average Bonchev–Trinajstić information content (AvgIpc) is 2.12. The first-order valence-electron chi connectivity index (χ1n) is 3.74. The highest BCUT2D eigenvalue weighted by molar-refractivity contribution is 5.96. The summed E-state index contributed by atoms with van der Waals surface area (Å²) < 4.78 is 38.3. The van der Waals surface area contributed by atoms with E-state index >= 15 is 0 Å². The van der Waals surface area contributed by atoms with Crippen molar-refractivity contribution in [1.29, 1.82) is 0 Å². The monoisotopic (exact) mass is 188 g/mol. The van der Waals surface area contributed by atoms with Crippen LogP contribution in [0.1, 0.15) is 23.7 Å². The number of hydrogen-bond donors (Lipinski definition) is 0. The minimum atomic E-state index is -1.41. The number of rotatable bonds is 2. The number of hydrogen-bond acceptors (Lipinski definition) is 1. The molecule has 0 spiro atoms. The van der Waals surface area contributed by atoms with Crippen molar-refractivity contribution in [2.75, 3.05) is 0 Å². The van der Waals surface area contributed by atoms with Crippen molar-refractivity contribution in [3.8, 4) is 0 Å². The molecule has 1 aromatic rings. The van der Waals surface area contributed by atoms with Crippen LogP contribution in [0.25, 0.3) is 0 Å². The summed E-state index contributed by atoms with van der Waals surface area (Å²) in [5.74, 6) is -4.38. The predicted octanol–water partition coefficient (Wildman–Crippen LogP) is 2.70. The quantitative estimate of drug-likeness (QED) is 0.515. The molecular formula is C9H7F3O. The third-order valence-electron chi connectivity index (χ3n) is 1.64. The SMILES string of the molecule is CCC(=O)c1c(F)ccc(F)c1F. The Morgan fingerprint density at radius 2 is 1.77 bits per heavy atom. The van der Waals surface area contributed by atoms with Crippen molar-refractivity contribution >= 4 is 5.78 Å². The first kappa shape index (κ1) is 9.77. The largest absolute Gasteiger partial charge is 0.294 e. The van der Waals surface area contributed by atoms with Gasteiger partial charge < -0.3 is 0 Å². The molecule has 0 amide bonds. The lowest BCUT2D eigenvalue weighted by atomic mass is 10.1. The van der Waals surface area contributed by atoms with Crippen molar-refractivity contribution in [2.24, 2.45) is 0 Å². The summed E-state index contributed by atoms with van der Waals surface area (Å²) in [6, 6.07) is 1.39. The van der Waals surface area contributed by atoms with Crippen LogP contribution in [0.15, 0.2) is 12.1 Å². The van der Waals surface area contributed by atoms with Crippen LogP contribution >= 0.6 is 0 Å².